The van der Waals surface area contributed by atoms with Gasteiger partial charge in [-0.15, -0.1) is 0 Å². The van der Waals surface area contributed by atoms with Crippen molar-refractivity contribution in [1.29, 1.82) is 0 Å². The second-order valence-electron chi connectivity index (χ2n) is 5.99. The second-order valence-corrected chi connectivity index (χ2v) is 9.90. The average molecular weight is 398 g/mol. The highest BCUT2D eigenvalue weighted by Gasteiger charge is 2.42. The lowest BCUT2D eigenvalue weighted by Gasteiger charge is -2.20. The molecule has 0 saturated carbocycles. The number of thiocarbonyl (C=S) groups is 1. The van der Waals surface area contributed by atoms with Crippen LogP contribution in [0.2, 0.25) is 0 Å². The molecular formula is C17H19NO4S3. The van der Waals surface area contributed by atoms with Gasteiger partial charge in [0.2, 0.25) is 0 Å². The van der Waals surface area contributed by atoms with Crippen LogP contribution in [0.4, 0.5) is 0 Å². The number of carbonyl (C=O) groups is 1. The average Bonchev–Trinajstić information content (AvgIpc) is 3.05. The molecule has 5 nitrogen and oxygen atoms in total. The fourth-order valence-electron chi connectivity index (χ4n) is 2.86. The fourth-order valence-corrected chi connectivity index (χ4v) is 5.95. The van der Waals surface area contributed by atoms with E-state index in [1.807, 2.05) is 31.2 Å². The van der Waals surface area contributed by atoms with Gasteiger partial charge in [0.25, 0.3) is 5.91 Å². The van der Waals surface area contributed by atoms with E-state index in [1.165, 1.54) is 16.7 Å². The lowest BCUT2D eigenvalue weighted by Crippen LogP contribution is -2.39. The van der Waals surface area contributed by atoms with Gasteiger partial charge in [0.05, 0.1) is 29.1 Å². The number of amides is 1. The number of hydrogen-bond acceptors (Lipinski definition) is 6. The Morgan fingerprint density at radius 1 is 1.40 bits per heavy atom. The van der Waals surface area contributed by atoms with Gasteiger partial charge in [-0.05, 0) is 25.0 Å². The standard InChI is InChI=1S/C17H19NO4S3/c1-2-8-22-14-6-4-3-5-12(14)10-15-16(19)18(17(23)24-15)13-7-9-25(20,21)11-13/h3-6,10,13H,2,7-9,11H2,1H3. The quantitative estimate of drug-likeness (QED) is 0.562. The summed E-state index contributed by atoms with van der Waals surface area (Å²) in [5.41, 5.74) is 0.815. The van der Waals surface area contributed by atoms with E-state index in [2.05, 4.69) is 0 Å². The number of sulfone groups is 1. The summed E-state index contributed by atoms with van der Waals surface area (Å²) in [4.78, 5) is 14.7. The molecule has 1 unspecified atom stereocenters. The SMILES string of the molecule is CCCOc1ccccc1C=C1SC(=S)N(C2CCS(=O)(=O)C2)C1=O. The first kappa shape index (κ1) is 18.4. The molecule has 0 spiro atoms. The van der Waals surface area contributed by atoms with Gasteiger partial charge in [0.1, 0.15) is 10.1 Å². The molecule has 2 heterocycles. The van der Waals surface area contributed by atoms with Crippen molar-refractivity contribution < 1.29 is 17.9 Å². The molecule has 2 saturated heterocycles. The van der Waals surface area contributed by atoms with Gasteiger partial charge < -0.3 is 4.74 Å². The zero-order valence-electron chi connectivity index (χ0n) is 13.8. The van der Waals surface area contributed by atoms with E-state index in [0.29, 0.717) is 22.3 Å². The first-order valence-corrected chi connectivity index (χ1v) is 11.1. The van der Waals surface area contributed by atoms with Crippen molar-refractivity contribution in [2.75, 3.05) is 18.1 Å². The Morgan fingerprint density at radius 2 is 2.16 bits per heavy atom. The molecule has 8 heteroatoms. The monoisotopic (exact) mass is 397 g/mol. The minimum absolute atomic E-state index is 0.0110. The molecular weight excluding hydrogens is 378 g/mol. The van der Waals surface area contributed by atoms with E-state index >= 15 is 0 Å². The molecule has 2 fully saturated rings. The predicted octanol–water partition coefficient (Wildman–Crippen LogP) is 2.86. The van der Waals surface area contributed by atoms with Crippen molar-refractivity contribution in [3.63, 3.8) is 0 Å². The highest BCUT2D eigenvalue weighted by atomic mass is 32.2. The van der Waals surface area contributed by atoms with Gasteiger partial charge in [-0.1, -0.05) is 49.1 Å². The summed E-state index contributed by atoms with van der Waals surface area (Å²) in [7, 11) is -3.08. The normalized spacial score (nSPS) is 24.3. The Balaban J connectivity index is 1.84. The van der Waals surface area contributed by atoms with Gasteiger partial charge in [0.15, 0.2) is 9.84 Å². The molecule has 1 aromatic carbocycles. The van der Waals surface area contributed by atoms with Crippen molar-refractivity contribution in [3.8, 4) is 5.75 Å². The number of para-hydroxylation sites is 1. The van der Waals surface area contributed by atoms with Crippen LogP contribution in [0.5, 0.6) is 5.75 Å². The summed E-state index contributed by atoms with van der Waals surface area (Å²) in [6, 6.07) is 7.17. The van der Waals surface area contributed by atoms with Gasteiger partial charge in [0, 0.05) is 5.56 Å². The van der Waals surface area contributed by atoms with E-state index in [1.54, 1.807) is 6.08 Å². The molecule has 0 aromatic heterocycles. The minimum atomic E-state index is -3.08. The molecule has 1 atom stereocenters. The maximum absolute atomic E-state index is 12.8. The van der Waals surface area contributed by atoms with Gasteiger partial charge >= 0.3 is 0 Å². The molecule has 1 aromatic rings. The Morgan fingerprint density at radius 3 is 2.84 bits per heavy atom. The van der Waals surface area contributed by atoms with E-state index in [9.17, 15) is 13.2 Å². The highest BCUT2D eigenvalue weighted by Crippen LogP contribution is 2.37. The van der Waals surface area contributed by atoms with Crippen molar-refractivity contribution in [1.82, 2.24) is 4.90 Å². The summed E-state index contributed by atoms with van der Waals surface area (Å²) in [6.07, 6.45) is 3.11. The van der Waals surface area contributed by atoms with Crippen LogP contribution in [0.1, 0.15) is 25.3 Å². The molecule has 134 valence electrons. The van der Waals surface area contributed by atoms with E-state index in [4.69, 9.17) is 17.0 Å². The van der Waals surface area contributed by atoms with Crippen LogP contribution in [-0.2, 0) is 14.6 Å². The molecule has 0 aliphatic carbocycles. The Labute approximate surface area is 157 Å². The Bertz CT molecular complexity index is 832. The van der Waals surface area contributed by atoms with Crippen LogP contribution in [0.3, 0.4) is 0 Å². The smallest absolute Gasteiger partial charge is 0.266 e. The molecule has 0 bridgehead atoms. The van der Waals surface area contributed by atoms with Crippen LogP contribution in [0.15, 0.2) is 29.2 Å². The molecule has 2 aliphatic heterocycles. The molecule has 2 aliphatic rings. The largest absolute Gasteiger partial charge is 0.493 e. The third-order valence-corrected chi connectivity index (χ3v) is 7.15. The Hall–Kier alpha value is -1.38. The lowest BCUT2D eigenvalue weighted by atomic mass is 10.1. The second kappa shape index (κ2) is 7.47. The predicted molar refractivity (Wildman–Crippen MR) is 104 cm³/mol. The number of rotatable bonds is 5. The molecule has 3 rings (SSSR count). The van der Waals surface area contributed by atoms with Gasteiger partial charge in [-0.2, -0.15) is 0 Å². The van der Waals surface area contributed by atoms with Crippen LogP contribution < -0.4 is 4.74 Å². The van der Waals surface area contributed by atoms with E-state index < -0.39 is 9.84 Å². The number of thioether (sulfide) groups is 1. The molecule has 0 radical (unpaired) electrons. The Kier molecular flexibility index (Phi) is 5.50. The number of carbonyl (C=O) groups excluding carboxylic acids is 1. The zero-order chi connectivity index (χ0) is 18.0. The zero-order valence-corrected chi connectivity index (χ0v) is 16.3. The van der Waals surface area contributed by atoms with Crippen LogP contribution in [0.25, 0.3) is 6.08 Å². The third kappa shape index (κ3) is 4.07. The van der Waals surface area contributed by atoms with Gasteiger partial charge in [-0.25, -0.2) is 8.42 Å². The number of nitrogens with zero attached hydrogens (tertiary/aromatic N) is 1. The van der Waals surface area contributed by atoms with E-state index in [-0.39, 0.29) is 23.5 Å². The lowest BCUT2D eigenvalue weighted by molar-refractivity contribution is -0.123. The molecule has 0 N–H and O–H groups in total. The summed E-state index contributed by atoms with van der Waals surface area (Å²) in [5, 5.41) is 0. The van der Waals surface area contributed by atoms with Crippen molar-refractivity contribution >= 4 is 50.1 Å². The summed E-state index contributed by atoms with van der Waals surface area (Å²) in [6.45, 7) is 2.63. The van der Waals surface area contributed by atoms with Crippen molar-refractivity contribution in [2.45, 2.75) is 25.8 Å². The fraction of sp³-hybridized carbons (Fsp3) is 0.412. The van der Waals surface area contributed by atoms with Crippen molar-refractivity contribution in [3.05, 3.63) is 34.7 Å². The first-order chi connectivity index (χ1) is 11.9. The van der Waals surface area contributed by atoms with Crippen molar-refractivity contribution in [2.24, 2.45) is 0 Å². The van der Waals surface area contributed by atoms with Crippen LogP contribution in [-0.4, -0.2) is 47.7 Å². The first-order valence-electron chi connectivity index (χ1n) is 8.10. The number of ether oxygens (including phenoxy) is 1. The number of benzene rings is 1. The van der Waals surface area contributed by atoms with E-state index in [0.717, 1.165) is 17.7 Å². The minimum Gasteiger partial charge on any atom is -0.493 e. The summed E-state index contributed by atoms with van der Waals surface area (Å²) >= 11 is 6.54. The third-order valence-electron chi connectivity index (χ3n) is 4.06. The molecule has 1 amide bonds. The number of hydrogen-bond donors (Lipinski definition) is 0. The molecule has 25 heavy (non-hydrogen) atoms. The maximum atomic E-state index is 12.8. The summed E-state index contributed by atoms with van der Waals surface area (Å²) in [5.74, 6) is 0.602. The topological polar surface area (TPSA) is 63.7 Å². The van der Waals surface area contributed by atoms with Gasteiger partial charge in [-0.3, -0.25) is 9.69 Å². The highest BCUT2D eigenvalue weighted by molar-refractivity contribution is 8.26. The van der Waals surface area contributed by atoms with Crippen LogP contribution >= 0.6 is 24.0 Å². The maximum Gasteiger partial charge on any atom is 0.266 e. The van der Waals surface area contributed by atoms with Crippen LogP contribution in [0, 0.1) is 0 Å². The summed E-state index contributed by atoms with van der Waals surface area (Å²) < 4.78 is 29.6.